The quantitative estimate of drug-likeness (QED) is 0.605. The van der Waals surface area contributed by atoms with E-state index < -0.39 is 0 Å². The molecule has 3 nitrogen and oxygen atoms in total. The minimum absolute atomic E-state index is 0.167. The number of hydrogen-bond donors (Lipinski definition) is 0. The molecule has 0 aliphatic carbocycles. The second-order valence-electron chi connectivity index (χ2n) is 6.63. The zero-order valence-electron chi connectivity index (χ0n) is 14.9. The molecule has 1 unspecified atom stereocenters. The van der Waals surface area contributed by atoms with E-state index in [1.165, 1.54) is 17.7 Å². The van der Waals surface area contributed by atoms with Crippen molar-refractivity contribution in [3.8, 4) is 0 Å². The topological polar surface area (TPSA) is 29.5 Å². The van der Waals surface area contributed by atoms with Crippen molar-refractivity contribution in [2.75, 3.05) is 11.4 Å². The highest BCUT2D eigenvalue weighted by Gasteiger charge is 2.20. The Morgan fingerprint density at radius 2 is 2.16 bits per heavy atom. The molecule has 1 atom stereocenters. The fourth-order valence-corrected chi connectivity index (χ4v) is 4.07. The fraction of sp³-hybridized carbons (Fsp3) is 0.476. The van der Waals surface area contributed by atoms with E-state index in [0.29, 0.717) is 13.0 Å². The van der Waals surface area contributed by atoms with Gasteiger partial charge in [0.1, 0.15) is 0 Å². The van der Waals surface area contributed by atoms with Crippen LogP contribution in [0.1, 0.15) is 62.0 Å². The minimum Gasteiger partial charge on any atom is -0.368 e. The highest BCUT2D eigenvalue weighted by molar-refractivity contribution is 7.10. The lowest BCUT2D eigenvalue weighted by atomic mass is 10.1. The molecule has 1 amide bonds. The molecule has 1 fully saturated rings. The first-order chi connectivity index (χ1) is 12.3. The predicted octanol–water partition coefficient (Wildman–Crippen LogP) is 5.71. The van der Waals surface area contributed by atoms with Crippen LogP contribution in [0.15, 0.2) is 41.8 Å². The number of anilines is 1. The van der Waals surface area contributed by atoms with Crippen molar-refractivity contribution < 1.29 is 9.53 Å². The number of amides is 1. The van der Waals surface area contributed by atoms with Crippen molar-refractivity contribution in [1.82, 2.24) is 0 Å². The van der Waals surface area contributed by atoms with Gasteiger partial charge in [0.2, 0.25) is 5.91 Å². The molecule has 1 aliphatic heterocycles. The lowest BCUT2D eigenvalue weighted by Gasteiger charge is -2.27. The number of nitrogens with zero attached hydrogens (tertiary/aromatic N) is 1. The van der Waals surface area contributed by atoms with Gasteiger partial charge in [0, 0.05) is 23.5 Å². The summed E-state index contributed by atoms with van der Waals surface area (Å²) in [4.78, 5) is 15.4. The number of rotatable bonds is 8. The number of benzene rings is 1. The van der Waals surface area contributed by atoms with Gasteiger partial charge in [0.25, 0.3) is 0 Å². The maximum Gasteiger partial charge on any atom is 0.226 e. The van der Waals surface area contributed by atoms with Crippen molar-refractivity contribution in [2.45, 2.75) is 58.2 Å². The molecule has 0 bridgehead atoms. The Bertz CT molecular complexity index is 668. The third-order valence-electron chi connectivity index (χ3n) is 4.68. The van der Waals surface area contributed by atoms with E-state index in [9.17, 15) is 4.79 Å². The van der Waals surface area contributed by atoms with Crippen LogP contribution >= 0.6 is 11.3 Å². The molecular formula is C21H27NO2S. The van der Waals surface area contributed by atoms with Gasteiger partial charge in [-0.1, -0.05) is 38.0 Å². The first kappa shape index (κ1) is 18.2. The van der Waals surface area contributed by atoms with E-state index in [1.54, 1.807) is 11.3 Å². The summed E-state index contributed by atoms with van der Waals surface area (Å²) in [6.07, 6.45) is 6.34. The third kappa shape index (κ3) is 4.93. The number of piperidine rings is 1. The predicted molar refractivity (Wildman–Crippen MR) is 104 cm³/mol. The molecule has 25 heavy (non-hydrogen) atoms. The van der Waals surface area contributed by atoms with Crippen molar-refractivity contribution >= 4 is 22.9 Å². The number of carbonyl (C=O) groups is 1. The maximum absolute atomic E-state index is 12.1. The van der Waals surface area contributed by atoms with Gasteiger partial charge in [-0.25, -0.2) is 0 Å². The molecule has 0 N–H and O–H groups in total. The lowest BCUT2D eigenvalue weighted by molar-refractivity contribution is -0.119. The summed E-state index contributed by atoms with van der Waals surface area (Å²) in [5.41, 5.74) is 2.14. The molecule has 1 saturated heterocycles. The first-order valence-corrected chi connectivity index (χ1v) is 10.2. The Morgan fingerprint density at radius 1 is 1.24 bits per heavy atom. The third-order valence-corrected chi connectivity index (χ3v) is 5.64. The van der Waals surface area contributed by atoms with Crippen molar-refractivity contribution in [3.05, 3.63) is 52.2 Å². The Labute approximate surface area is 154 Å². The van der Waals surface area contributed by atoms with E-state index in [-0.39, 0.29) is 12.0 Å². The molecule has 2 aromatic rings. The van der Waals surface area contributed by atoms with Crippen LogP contribution in [0.5, 0.6) is 0 Å². The van der Waals surface area contributed by atoms with Gasteiger partial charge in [-0.05, 0) is 48.4 Å². The molecule has 134 valence electrons. The zero-order valence-corrected chi connectivity index (χ0v) is 15.8. The first-order valence-electron chi connectivity index (χ1n) is 9.32. The fourth-order valence-electron chi connectivity index (χ4n) is 3.26. The molecule has 0 saturated carbocycles. The molecule has 4 heteroatoms. The summed E-state index contributed by atoms with van der Waals surface area (Å²) in [5, 5.41) is 2.11. The average molecular weight is 358 g/mol. The van der Waals surface area contributed by atoms with Gasteiger partial charge < -0.3 is 9.64 Å². The number of hydrogen-bond acceptors (Lipinski definition) is 3. The van der Waals surface area contributed by atoms with Crippen molar-refractivity contribution in [2.24, 2.45) is 0 Å². The lowest BCUT2D eigenvalue weighted by Crippen LogP contribution is -2.35. The van der Waals surface area contributed by atoms with Gasteiger partial charge in [0.05, 0.1) is 12.7 Å². The SMILES string of the molecule is CCCCC(OCc1cccc(N2CCCCC2=O)c1)c1cccs1. The molecule has 3 rings (SSSR count). The van der Waals surface area contributed by atoms with Gasteiger partial charge in [-0.3, -0.25) is 4.79 Å². The van der Waals surface area contributed by atoms with E-state index in [0.717, 1.165) is 37.1 Å². The van der Waals surface area contributed by atoms with Gasteiger partial charge in [-0.2, -0.15) is 0 Å². The minimum atomic E-state index is 0.167. The summed E-state index contributed by atoms with van der Waals surface area (Å²) in [5.74, 6) is 0.240. The number of ether oxygens (including phenoxy) is 1. The molecule has 1 aromatic heterocycles. The van der Waals surface area contributed by atoms with E-state index in [2.05, 4.69) is 36.6 Å². The summed E-state index contributed by atoms with van der Waals surface area (Å²) in [6.45, 7) is 3.63. The Kier molecular flexibility index (Phi) is 6.65. The smallest absolute Gasteiger partial charge is 0.226 e. The van der Waals surface area contributed by atoms with Crippen LogP contribution in [-0.4, -0.2) is 12.5 Å². The standard InChI is InChI=1S/C21H27NO2S/c1-2-3-10-19(20-11-7-14-25-20)24-16-17-8-6-9-18(15-17)22-13-5-4-12-21(22)23/h6-9,11,14-15,19H,2-5,10,12-13,16H2,1H3. The molecular weight excluding hydrogens is 330 g/mol. The normalized spacial score (nSPS) is 16.2. The van der Waals surface area contributed by atoms with Crippen LogP contribution in [0.25, 0.3) is 0 Å². The average Bonchev–Trinajstić information content (AvgIpc) is 3.17. The zero-order chi connectivity index (χ0) is 17.5. The molecule has 1 aliphatic rings. The largest absolute Gasteiger partial charge is 0.368 e. The maximum atomic E-state index is 12.1. The van der Waals surface area contributed by atoms with Gasteiger partial charge in [0.15, 0.2) is 0 Å². The van der Waals surface area contributed by atoms with Gasteiger partial charge >= 0.3 is 0 Å². The molecule has 1 aromatic carbocycles. The highest BCUT2D eigenvalue weighted by atomic mass is 32.1. The van der Waals surface area contributed by atoms with E-state index >= 15 is 0 Å². The van der Waals surface area contributed by atoms with E-state index in [4.69, 9.17) is 4.74 Å². The van der Waals surface area contributed by atoms with Crippen LogP contribution in [0.2, 0.25) is 0 Å². The van der Waals surface area contributed by atoms with Crippen LogP contribution < -0.4 is 4.90 Å². The van der Waals surface area contributed by atoms with Gasteiger partial charge in [-0.15, -0.1) is 11.3 Å². The van der Waals surface area contributed by atoms with Crippen molar-refractivity contribution in [3.63, 3.8) is 0 Å². The van der Waals surface area contributed by atoms with Crippen LogP contribution in [0.4, 0.5) is 5.69 Å². The summed E-state index contributed by atoms with van der Waals surface area (Å²) < 4.78 is 6.25. The second kappa shape index (κ2) is 9.16. The monoisotopic (exact) mass is 357 g/mol. The number of thiophene rings is 1. The summed E-state index contributed by atoms with van der Waals surface area (Å²) in [7, 11) is 0. The van der Waals surface area contributed by atoms with Crippen molar-refractivity contribution in [1.29, 1.82) is 0 Å². The number of unbranched alkanes of at least 4 members (excludes halogenated alkanes) is 1. The Hall–Kier alpha value is -1.65. The van der Waals surface area contributed by atoms with Crippen LogP contribution in [0.3, 0.4) is 0 Å². The summed E-state index contributed by atoms with van der Waals surface area (Å²) in [6, 6.07) is 12.5. The Morgan fingerprint density at radius 3 is 2.92 bits per heavy atom. The molecule has 0 radical (unpaired) electrons. The second-order valence-corrected chi connectivity index (χ2v) is 7.61. The molecule has 2 heterocycles. The van der Waals surface area contributed by atoms with E-state index in [1.807, 2.05) is 17.0 Å². The number of carbonyl (C=O) groups excluding carboxylic acids is 1. The summed E-state index contributed by atoms with van der Waals surface area (Å²) >= 11 is 1.76. The molecule has 0 spiro atoms. The highest BCUT2D eigenvalue weighted by Crippen LogP contribution is 2.29. The van der Waals surface area contributed by atoms with Crippen LogP contribution in [0, 0.1) is 0 Å². The van der Waals surface area contributed by atoms with Crippen LogP contribution in [-0.2, 0) is 16.1 Å². The Balaban J connectivity index is 1.65.